The number of rotatable bonds is 1. The van der Waals surface area contributed by atoms with Crippen LogP contribution in [0.3, 0.4) is 0 Å². The van der Waals surface area contributed by atoms with Gasteiger partial charge >= 0.3 is 0 Å². The van der Waals surface area contributed by atoms with E-state index in [1.165, 1.54) is 21.9 Å². The Morgan fingerprint density at radius 1 is 0.706 bits per heavy atom. The van der Waals surface area contributed by atoms with Gasteiger partial charge in [-0.1, -0.05) is 66.7 Å². The van der Waals surface area contributed by atoms with E-state index in [0.29, 0.717) is 0 Å². The Bertz CT molecular complexity index is 651. The lowest BCUT2D eigenvalue weighted by molar-refractivity contribution is 1.61. The Hall–Kier alpha value is -2.08. The molecule has 81 valence electrons. The summed E-state index contributed by atoms with van der Waals surface area (Å²) in [5.41, 5.74) is 3.56. The van der Waals surface area contributed by atoms with Gasteiger partial charge in [-0.15, -0.1) is 0 Å². The van der Waals surface area contributed by atoms with Gasteiger partial charge in [0.2, 0.25) is 0 Å². The van der Waals surface area contributed by atoms with Crippen LogP contribution in [0.5, 0.6) is 0 Å². The monoisotopic (exact) mass is 217 g/mol. The average molecular weight is 217 g/mol. The van der Waals surface area contributed by atoms with Crippen LogP contribution in [-0.4, -0.2) is 0 Å². The van der Waals surface area contributed by atoms with Crippen LogP contribution in [0.2, 0.25) is 0 Å². The van der Waals surface area contributed by atoms with Crippen LogP contribution in [0.25, 0.3) is 21.9 Å². The molecule has 0 saturated heterocycles. The van der Waals surface area contributed by atoms with Crippen LogP contribution < -0.4 is 0 Å². The molecule has 0 heteroatoms. The van der Waals surface area contributed by atoms with Gasteiger partial charge in [0.15, 0.2) is 0 Å². The molecule has 0 aliphatic heterocycles. The second kappa shape index (κ2) is 4.06. The highest BCUT2D eigenvalue weighted by Gasteiger charge is 2.03. The van der Waals surface area contributed by atoms with Crippen LogP contribution in [0, 0.1) is 6.92 Å². The van der Waals surface area contributed by atoms with Crippen molar-refractivity contribution in [3.63, 3.8) is 0 Å². The van der Waals surface area contributed by atoms with Gasteiger partial charge < -0.3 is 0 Å². The molecule has 0 N–H and O–H groups in total. The van der Waals surface area contributed by atoms with Gasteiger partial charge in [-0.05, 0) is 34.4 Å². The molecule has 0 amide bonds. The number of hydrogen-bond donors (Lipinski definition) is 0. The van der Waals surface area contributed by atoms with Crippen molar-refractivity contribution in [3.05, 3.63) is 79.2 Å². The fourth-order valence-electron chi connectivity index (χ4n) is 2.23. The second-order valence-corrected chi connectivity index (χ2v) is 4.23. The fraction of sp³-hybridized carbons (Fsp3) is 0. The van der Waals surface area contributed by atoms with Crippen LogP contribution in [0.1, 0.15) is 5.56 Å². The van der Waals surface area contributed by atoms with E-state index >= 15 is 0 Å². The van der Waals surface area contributed by atoms with Crippen molar-refractivity contribution in [1.29, 1.82) is 0 Å². The molecule has 0 atom stereocenters. The number of benzene rings is 3. The van der Waals surface area contributed by atoms with Crippen molar-refractivity contribution < 1.29 is 0 Å². The quantitative estimate of drug-likeness (QED) is 0.554. The molecule has 17 heavy (non-hydrogen) atoms. The van der Waals surface area contributed by atoms with Gasteiger partial charge in [0.05, 0.1) is 0 Å². The van der Waals surface area contributed by atoms with E-state index in [1.807, 2.05) is 6.07 Å². The third-order valence-electron chi connectivity index (χ3n) is 3.01. The van der Waals surface area contributed by atoms with Gasteiger partial charge in [0, 0.05) is 0 Å². The first-order chi connectivity index (χ1) is 8.34. The maximum atomic E-state index is 4.06. The summed E-state index contributed by atoms with van der Waals surface area (Å²) in [4.78, 5) is 0. The first kappa shape index (κ1) is 10.1. The molecule has 0 aliphatic carbocycles. The molecular weight excluding hydrogens is 204 g/mol. The summed E-state index contributed by atoms with van der Waals surface area (Å²) in [6, 6.07) is 23.2. The number of hydrogen-bond acceptors (Lipinski definition) is 0. The van der Waals surface area contributed by atoms with Gasteiger partial charge in [-0.3, -0.25) is 0 Å². The van der Waals surface area contributed by atoms with Crippen molar-refractivity contribution in [2.24, 2.45) is 0 Å². The molecule has 3 aromatic carbocycles. The van der Waals surface area contributed by atoms with E-state index in [1.54, 1.807) is 0 Å². The van der Waals surface area contributed by atoms with Crippen molar-refractivity contribution in [1.82, 2.24) is 0 Å². The average Bonchev–Trinajstić information content (AvgIpc) is 2.39. The third-order valence-corrected chi connectivity index (χ3v) is 3.01. The van der Waals surface area contributed by atoms with Crippen molar-refractivity contribution >= 4 is 10.8 Å². The topological polar surface area (TPSA) is 0 Å². The molecule has 0 fully saturated rings. The summed E-state index contributed by atoms with van der Waals surface area (Å²) < 4.78 is 0. The molecule has 0 unspecified atom stereocenters. The van der Waals surface area contributed by atoms with Crippen LogP contribution >= 0.6 is 0 Å². The zero-order valence-electron chi connectivity index (χ0n) is 9.56. The van der Waals surface area contributed by atoms with Gasteiger partial charge in [-0.2, -0.15) is 0 Å². The minimum absolute atomic E-state index is 1.06. The van der Waals surface area contributed by atoms with E-state index in [4.69, 9.17) is 0 Å². The maximum Gasteiger partial charge on any atom is -0.0103 e. The van der Waals surface area contributed by atoms with E-state index in [9.17, 15) is 0 Å². The maximum absolute atomic E-state index is 4.06. The Kier molecular flexibility index (Phi) is 2.41. The van der Waals surface area contributed by atoms with Gasteiger partial charge in [0.25, 0.3) is 0 Å². The Morgan fingerprint density at radius 2 is 1.41 bits per heavy atom. The van der Waals surface area contributed by atoms with E-state index in [2.05, 4.69) is 67.6 Å². The van der Waals surface area contributed by atoms with Gasteiger partial charge in [-0.25, -0.2) is 0 Å². The second-order valence-electron chi connectivity index (χ2n) is 4.23. The summed E-state index contributed by atoms with van der Waals surface area (Å²) in [6.45, 7) is 4.06. The summed E-state index contributed by atoms with van der Waals surface area (Å²) >= 11 is 0. The van der Waals surface area contributed by atoms with E-state index in [-0.39, 0.29) is 0 Å². The predicted octanol–water partition coefficient (Wildman–Crippen LogP) is 4.69. The third kappa shape index (κ3) is 1.83. The molecule has 3 aromatic rings. The normalized spacial score (nSPS) is 10.6. The Morgan fingerprint density at radius 3 is 2.24 bits per heavy atom. The zero-order chi connectivity index (χ0) is 11.7. The van der Waals surface area contributed by atoms with E-state index < -0.39 is 0 Å². The summed E-state index contributed by atoms with van der Waals surface area (Å²) in [6.07, 6.45) is 0. The molecule has 0 heterocycles. The molecule has 0 aliphatic rings. The summed E-state index contributed by atoms with van der Waals surface area (Å²) in [7, 11) is 0. The SMILES string of the molecule is [CH2]c1cc(-c2ccccc2)c2ccccc2c1. The largest absolute Gasteiger partial charge is 0.0622 e. The smallest absolute Gasteiger partial charge is 0.0103 e. The van der Waals surface area contributed by atoms with Crippen molar-refractivity contribution in [3.8, 4) is 11.1 Å². The zero-order valence-corrected chi connectivity index (χ0v) is 9.56. The van der Waals surface area contributed by atoms with Crippen LogP contribution in [0.4, 0.5) is 0 Å². The summed E-state index contributed by atoms with van der Waals surface area (Å²) in [5, 5.41) is 2.53. The minimum atomic E-state index is 1.06. The highest BCUT2D eigenvalue weighted by Crippen LogP contribution is 2.29. The molecule has 0 bridgehead atoms. The van der Waals surface area contributed by atoms with Crippen molar-refractivity contribution in [2.45, 2.75) is 0 Å². The lowest BCUT2D eigenvalue weighted by atomic mass is 9.96. The summed E-state index contributed by atoms with van der Waals surface area (Å²) in [5.74, 6) is 0. The standard InChI is InChI=1S/C17H13/c1-13-11-15-9-5-6-10-16(15)17(12-13)14-7-3-2-4-8-14/h2-12H,1H2. The highest BCUT2D eigenvalue weighted by atomic mass is 14.1. The fourth-order valence-corrected chi connectivity index (χ4v) is 2.23. The Balaban J connectivity index is 2.36. The molecule has 1 radical (unpaired) electrons. The van der Waals surface area contributed by atoms with Crippen LogP contribution in [-0.2, 0) is 0 Å². The first-order valence-electron chi connectivity index (χ1n) is 5.75. The highest BCUT2D eigenvalue weighted by molar-refractivity contribution is 5.97. The van der Waals surface area contributed by atoms with E-state index in [0.717, 1.165) is 5.56 Å². The van der Waals surface area contributed by atoms with Crippen LogP contribution in [0.15, 0.2) is 66.7 Å². The molecule has 0 nitrogen and oxygen atoms in total. The molecule has 0 aromatic heterocycles. The van der Waals surface area contributed by atoms with Gasteiger partial charge in [0.1, 0.15) is 0 Å². The predicted molar refractivity (Wildman–Crippen MR) is 73.8 cm³/mol. The first-order valence-corrected chi connectivity index (χ1v) is 5.75. The molecule has 0 spiro atoms. The molecule has 3 rings (SSSR count). The van der Waals surface area contributed by atoms with Crippen molar-refractivity contribution in [2.75, 3.05) is 0 Å². The molecular formula is C17H13. The minimum Gasteiger partial charge on any atom is -0.0622 e. The Labute approximate surface area is 102 Å². The number of fused-ring (bicyclic) bond motifs is 1. The molecule has 0 saturated carbocycles. The lowest BCUT2D eigenvalue weighted by Gasteiger charge is -2.08. The lowest BCUT2D eigenvalue weighted by Crippen LogP contribution is -1.83.